The number of amidine groups is 1. The van der Waals surface area contributed by atoms with Gasteiger partial charge in [-0.05, 0) is 80.7 Å². The largest absolute Gasteiger partial charge is 0.269 e. The summed E-state index contributed by atoms with van der Waals surface area (Å²) >= 11 is 0. The van der Waals surface area contributed by atoms with Crippen LogP contribution in [0.2, 0.25) is 0 Å². The minimum atomic E-state index is -0.388. The summed E-state index contributed by atoms with van der Waals surface area (Å²) in [6.45, 7) is 15.9. The van der Waals surface area contributed by atoms with Gasteiger partial charge in [-0.25, -0.2) is 15.3 Å². The van der Waals surface area contributed by atoms with Crippen molar-refractivity contribution in [2.24, 2.45) is 10.4 Å². The molecule has 2 heterocycles. The molecule has 1 unspecified atom stereocenters. The van der Waals surface area contributed by atoms with Gasteiger partial charge in [0, 0.05) is 23.4 Å². The molecule has 2 aromatic rings. The van der Waals surface area contributed by atoms with Gasteiger partial charge >= 0.3 is 0 Å². The number of hydroxylamine groups is 1. The number of aliphatic imine (C=N–C) groups is 1. The van der Waals surface area contributed by atoms with E-state index < -0.39 is 0 Å². The maximum atomic E-state index is 5.89. The zero-order chi connectivity index (χ0) is 20.8. The third-order valence-electron chi connectivity index (χ3n) is 6.26. The lowest BCUT2D eigenvalue weighted by Gasteiger charge is -2.30. The van der Waals surface area contributed by atoms with E-state index in [1.165, 1.54) is 34.4 Å². The lowest BCUT2D eigenvalue weighted by molar-refractivity contribution is 0.0340. The predicted molar refractivity (Wildman–Crippen MR) is 117 cm³/mol. The Bertz CT molecular complexity index is 960. The van der Waals surface area contributed by atoms with Gasteiger partial charge in [0.1, 0.15) is 5.69 Å². The second kappa shape index (κ2) is 7.45. The van der Waals surface area contributed by atoms with Crippen LogP contribution in [-0.2, 0) is 30.6 Å². The summed E-state index contributed by atoms with van der Waals surface area (Å²) in [5, 5.41) is 4.89. The maximum Gasteiger partial charge on any atom is 0.221 e. The summed E-state index contributed by atoms with van der Waals surface area (Å²) in [4.78, 5) is 10.8. The Morgan fingerprint density at radius 3 is 2.69 bits per heavy atom. The number of fused-ring (bicyclic) bond motifs is 1. The van der Waals surface area contributed by atoms with E-state index in [0.29, 0.717) is 5.41 Å². The number of nitrogens with one attached hydrogen (secondary N) is 1. The molecular weight excluding hydrogens is 360 g/mol. The number of aromatic nitrogens is 2. The second-order valence-corrected chi connectivity index (χ2v) is 9.10. The zero-order valence-electron chi connectivity index (χ0n) is 18.3. The Hall–Kier alpha value is -2.40. The molecule has 0 amide bonds. The number of nitrogens with zero attached hydrogens (tertiary/aromatic N) is 3. The average Bonchev–Trinajstić information content (AvgIpc) is 3.28. The number of rotatable bonds is 5. The number of hydrogen-bond donors (Lipinski definition) is 1. The summed E-state index contributed by atoms with van der Waals surface area (Å²) in [5.74, 6) is 0.780. The van der Waals surface area contributed by atoms with Crippen LogP contribution in [0, 0.1) is 19.3 Å². The zero-order valence-corrected chi connectivity index (χ0v) is 18.3. The normalized spacial score (nSPS) is 20.2. The van der Waals surface area contributed by atoms with Crippen molar-refractivity contribution in [2.45, 2.75) is 73.1 Å². The summed E-state index contributed by atoms with van der Waals surface area (Å²) in [5.41, 5.74) is 11.9. The van der Waals surface area contributed by atoms with Gasteiger partial charge in [0.05, 0.1) is 0 Å². The van der Waals surface area contributed by atoms with E-state index in [1.807, 2.05) is 6.08 Å². The fraction of sp³-hybridized carbons (Fsp3) is 0.500. The van der Waals surface area contributed by atoms with Crippen molar-refractivity contribution >= 4 is 5.84 Å². The van der Waals surface area contributed by atoms with Gasteiger partial charge in [0.2, 0.25) is 6.23 Å². The summed E-state index contributed by atoms with van der Waals surface area (Å²) in [7, 11) is 0. The second-order valence-electron chi connectivity index (χ2n) is 9.10. The molecule has 154 valence electrons. The Balaban J connectivity index is 1.67. The van der Waals surface area contributed by atoms with E-state index in [4.69, 9.17) is 14.9 Å². The molecule has 1 aliphatic carbocycles. The molecule has 1 N–H and O–H groups in total. The monoisotopic (exact) mass is 392 g/mol. The van der Waals surface area contributed by atoms with Crippen LogP contribution in [-0.4, -0.2) is 15.6 Å². The number of aryl methyl sites for hydroxylation is 3. The van der Waals surface area contributed by atoms with Crippen LogP contribution >= 0.6 is 0 Å². The molecule has 1 aromatic heterocycles. The van der Waals surface area contributed by atoms with Crippen molar-refractivity contribution in [1.29, 1.82) is 0 Å². The Morgan fingerprint density at radius 2 is 2.03 bits per heavy atom. The molecule has 1 aromatic carbocycles. The lowest BCUT2D eigenvalue weighted by Crippen LogP contribution is -2.24. The summed E-state index contributed by atoms with van der Waals surface area (Å²) in [6, 6.07) is 4.35. The number of benzene rings is 1. The summed E-state index contributed by atoms with van der Waals surface area (Å²) < 4.78 is 2.14. The van der Waals surface area contributed by atoms with Crippen molar-refractivity contribution in [3.63, 3.8) is 0 Å². The topological polar surface area (TPSA) is 51.4 Å². The molecule has 5 nitrogen and oxygen atoms in total. The van der Waals surface area contributed by atoms with Crippen LogP contribution in [0.3, 0.4) is 0 Å². The molecule has 29 heavy (non-hydrogen) atoms. The minimum Gasteiger partial charge on any atom is -0.269 e. The third kappa shape index (κ3) is 3.64. The van der Waals surface area contributed by atoms with E-state index in [-0.39, 0.29) is 6.23 Å². The smallest absolute Gasteiger partial charge is 0.221 e. The first kappa shape index (κ1) is 19.9. The van der Waals surface area contributed by atoms with Gasteiger partial charge in [-0.2, -0.15) is 5.10 Å². The standard InChI is InChI=1S/C24H32N4O/c1-7-9-18-15(3)12-17(13-16(18)4)22-25-23(29-27-22)21-19-10-11-24(5,6)14-20(19)28(8-2)26-21/h7,12-13,23H,1,8-11,14H2,2-6H3,(H,25,27). The van der Waals surface area contributed by atoms with Crippen LogP contribution < -0.4 is 5.48 Å². The molecule has 1 atom stereocenters. The quantitative estimate of drug-likeness (QED) is 0.748. The highest BCUT2D eigenvalue weighted by Crippen LogP contribution is 2.39. The lowest BCUT2D eigenvalue weighted by atomic mass is 9.76. The summed E-state index contributed by atoms with van der Waals surface area (Å²) in [6.07, 6.45) is 5.71. The van der Waals surface area contributed by atoms with Gasteiger partial charge in [-0.1, -0.05) is 19.9 Å². The van der Waals surface area contributed by atoms with Crippen molar-refractivity contribution in [2.75, 3.05) is 0 Å². The molecular formula is C24H32N4O. The molecule has 1 aliphatic heterocycles. The first-order valence-electron chi connectivity index (χ1n) is 10.6. The van der Waals surface area contributed by atoms with Crippen LogP contribution in [0.15, 0.2) is 29.8 Å². The molecule has 0 spiro atoms. The molecule has 5 heteroatoms. The fourth-order valence-electron chi connectivity index (χ4n) is 4.62. The van der Waals surface area contributed by atoms with Gasteiger partial charge < -0.3 is 0 Å². The van der Waals surface area contributed by atoms with E-state index >= 15 is 0 Å². The van der Waals surface area contributed by atoms with E-state index in [0.717, 1.165) is 42.9 Å². The fourth-order valence-corrected chi connectivity index (χ4v) is 4.62. The molecule has 0 saturated heterocycles. The third-order valence-corrected chi connectivity index (χ3v) is 6.26. The molecule has 0 radical (unpaired) electrons. The minimum absolute atomic E-state index is 0.322. The van der Waals surface area contributed by atoms with E-state index in [2.05, 4.69) is 63.5 Å². The van der Waals surface area contributed by atoms with Crippen molar-refractivity contribution in [3.8, 4) is 0 Å². The average molecular weight is 393 g/mol. The van der Waals surface area contributed by atoms with Crippen LogP contribution in [0.25, 0.3) is 0 Å². The Kier molecular flexibility index (Phi) is 5.11. The van der Waals surface area contributed by atoms with Crippen molar-refractivity contribution in [1.82, 2.24) is 15.3 Å². The van der Waals surface area contributed by atoms with Gasteiger partial charge in [0.25, 0.3) is 0 Å². The van der Waals surface area contributed by atoms with Crippen molar-refractivity contribution < 1.29 is 4.84 Å². The van der Waals surface area contributed by atoms with Crippen LogP contribution in [0.5, 0.6) is 0 Å². The van der Waals surface area contributed by atoms with E-state index in [1.54, 1.807) is 0 Å². The van der Waals surface area contributed by atoms with E-state index in [9.17, 15) is 0 Å². The highest BCUT2D eigenvalue weighted by atomic mass is 16.7. The van der Waals surface area contributed by atoms with Crippen LogP contribution in [0.1, 0.15) is 72.6 Å². The first-order valence-corrected chi connectivity index (χ1v) is 10.6. The predicted octanol–water partition coefficient (Wildman–Crippen LogP) is 4.74. The molecule has 0 bridgehead atoms. The SMILES string of the molecule is C=CCc1c(C)cc(C2=NC(c3nn(CC)c4c3CCC(C)(C)C4)ON2)cc1C. The number of allylic oxidation sites excluding steroid dienone is 1. The maximum absolute atomic E-state index is 5.89. The van der Waals surface area contributed by atoms with Crippen LogP contribution in [0.4, 0.5) is 0 Å². The Morgan fingerprint density at radius 1 is 1.31 bits per heavy atom. The molecule has 0 fully saturated rings. The molecule has 4 rings (SSSR count). The van der Waals surface area contributed by atoms with Crippen molar-refractivity contribution in [3.05, 3.63) is 64.0 Å². The molecule has 0 saturated carbocycles. The molecule has 2 aliphatic rings. The van der Waals surface area contributed by atoms with Gasteiger partial charge in [-0.3, -0.25) is 4.68 Å². The first-order chi connectivity index (χ1) is 13.8. The van der Waals surface area contributed by atoms with Gasteiger partial charge in [0.15, 0.2) is 5.84 Å². The Labute approximate surface area is 173 Å². The number of hydrogen-bond acceptors (Lipinski definition) is 4. The highest BCUT2D eigenvalue weighted by Gasteiger charge is 2.34. The highest BCUT2D eigenvalue weighted by molar-refractivity contribution is 5.99. The van der Waals surface area contributed by atoms with Gasteiger partial charge in [-0.15, -0.1) is 6.58 Å².